The molecule has 0 aromatic heterocycles. The summed E-state index contributed by atoms with van der Waals surface area (Å²) < 4.78 is 27.4. The van der Waals surface area contributed by atoms with Crippen molar-refractivity contribution in [2.45, 2.75) is 13.0 Å². The number of benzene rings is 2. The molecule has 3 amide bonds. The highest BCUT2D eigenvalue weighted by molar-refractivity contribution is 6.06. The second kappa shape index (κ2) is 6.72. The summed E-state index contributed by atoms with van der Waals surface area (Å²) in [6.45, 7) is 1.55. The average Bonchev–Trinajstić information content (AvgIpc) is 2.54. The molecule has 0 fully saturated rings. The van der Waals surface area contributed by atoms with Gasteiger partial charge in [-0.15, -0.1) is 0 Å². The molecule has 0 bridgehead atoms. The van der Waals surface area contributed by atoms with Crippen LogP contribution in [0.2, 0.25) is 0 Å². The van der Waals surface area contributed by atoms with E-state index in [0.29, 0.717) is 17.5 Å². The van der Waals surface area contributed by atoms with E-state index in [4.69, 9.17) is 0 Å². The highest BCUT2D eigenvalue weighted by atomic mass is 19.1. The molecule has 3 rings (SSSR count). The number of rotatable bonds is 3. The van der Waals surface area contributed by atoms with Gasteiger partial charge in [-0.2, -0.15) is 0 Å². The minimum Gasteiger partial charge on any atom is -0.327 e. The SMILES string of the molecule is CC1=C(C(=O)Nc2ccccc2)C(c2ccc(F)cc2F)NC(=O)N1. The molecule has 0 saturated carbocycles. The first-order valence-corrected chi connectivity index (χ1v) is 7.55. The van der Waals surface area contributed by atoms with Crippen LogP contribution in [0.1, 0.15) is 18.5 Å². The van der Waals surface area contributed by atoms with Crippen LogP contribution in [0.5, 0.6) is 0 Å². The zero-order valence-electron chi connectivity index (χ0n) is 13.3. The number of anilines is 1. The Labute approximate surface area is 142 Å². The number of hydrogen-bond acceptors (Lipinski definition) is 2. The third kappa shape index (κ3) is 3.50. The lowest BCUT2D eigenvalue weighted by molar-refractivity contribution is -0.113. The molecule has 2 aromatic rings. The minimum atomic E-state index is -1.03. The molecule has 7 heteroatoms. The predicted molar refractivity (Wildman–Crippen MR) is 88.5 cm³/mol. The summed E-state index contributed by atoms with van der Waals surface area (Å²) in [6, 6.07) is 10.1. The van der Waals surface area contributed by atoms with Gasteiger partial charge in [-0.05, 0) is 25.1 Å². The van der Waals surface area contributed by atoms with E-state index in [1.807, 2.05) is 0 Å². The van der Waals surface area contributed by atoms with Crippen molar-refractivity contribution in [1.29, 1.82) is 0 Å². The summed E-state index contributed by atoms with van der Waals surface area (Å²) in [5, 5.41) is 7.71. The Balaban J connectivity index is 1.99. The van der Waals surface area contributed by atoms with Gasteiger partial charge in [-0.1, -0.05) is 24.3 Å². The first kappa shape index (κ1) is 16.6. The third-order valence-electron chi connectivity index (χ3n) is 3.82. The highest BCUT2D eigenvalue weighted by Crippen LogP contribution is 2.29. The van der Waals surface area contributed by atoms with Gasteiger partial charge in [0.1, 0.15) is 11.6 Å². The molecular weight excluding hydrogens is 328 g/mol. The number of allylic oxidation sites excluding steroid dienone is 1. The topological polar surface area (TPSA) is 70.2 Å². The number of nitrogens with one attached hydrogen (secondary N) is 3. The zero-order valence-corrected chi connectivity index (χ0v) is 13.3. The Kier molecular flexibility index (Phi) is 4.47. The number of carbonyl (C=O) groups is 2. The molecule has 2 aromatic carbocycles. The van der Waals surface area contributed by atoms with E-state index in [0.717, 1.165) is 6.07 Å². The van der Waals surface area contributed by atoms with E-state index in [1.165, 1.54) is 6.07 Å². The van der Waals surface area contributed by atoms with Crippen molar-refractivity contribution >= 4 is 17.6 Å². The number of urea groups is 1. The number of carbonyl (C=O) groups excluding carboxylic acids is 2. The van der Waals surface area contributed by atoms with Crippen LogP contribution in [0, 0.1) is 11.6 Å². The smallest absolute Gasteiger partial charge is 0.319 e. The van der Waals surface area contributed by atoms with Crippen LogP contribution in [0.15, 0.2) is 59.8 Å². The van der Waals surface area contributed by atoms with E-state index < -0.39 is 29.6 Å². The van der Waals surface area contributed by atoms with Crippen LogP contribution in [-0.2, 0) is 4.79 Å². The van der Waals surface area contributed by atoms with E-state index in [-0.39, 0.29) is 11.1 Å². The van der Waals surface area contributed by atoms with Gasteiger partial charge in [0, 0.05) is 23.0 Å². The molecule has 1 aliphatic heterocycles. The molecule has 3 N–H and O–H groups in total. The number of amides is 3. The standard InChI is InChI=1S/C18H15F2N3O2/c1-10-15(17(24)22-12-5-3-2-4-6-12)16(23-18(25)21-10)13-8-7-11(19)9-14(13)20/h2-9,16H,1H3,(H,22,24)(H2,21,23,25). The fourth-order valence-electron chi connectivity index (χ4n) is 2.68. The summed E-state index contributed by atoms with van der Waals surface area (Å²) in [4.78, 5) is 24.5. The van der Waals surface area contributed by atoms with Crippen LogP contribution < -0.4 is 16.0 Å². The lowest BCUT2D eigenvalue weighted by Crippen LogP contribution is -2.46. The fourth-order valence-corrected chi connectivity index (χ4v) is 2.68. The molecular formula is C18H15F2N3O2. The van der Waals surface area contributed by atoms with Crippen LogP contribution in [-0.4, -0.2) is 11.9 Å². The van der Waals surface area contributed by atoms with Crippen LogP contribution in [0.25, 0.3) is 0 Å². The Morgan fingerprint density at radius 1 is 1.12 bits per heavy atom. The summed E-state index contributed by atoms with van der Waals surface area (Å²) in [5.41, 5.74) is 1.01. The molecule has 0 radical (unpaired) electrons. The predicted octanol–water partition coefficient (Wildman–Crippen LogP) is 3.23. The number of para-hydroxylation sites is 1. The van der Waals surface area contributed by atoms with Crippen LogP contribution >= 0.6 is 0 Å². The molecule has 5 nitrogen and oxygen atoms in total. The van der Waals surface area contributed by atoms with Gasteiger partial charge in [-0.3, -0.25) is 4.79 Å². The van der Waals surface area contributed by atoms with Gasteiger partial charge < -0.3 is 16.0 Å². The molecule has 1 unspecified atom stereocenters. The van der Waals surface area contributed by atoms with E-state index >= 15 is 0 Å². The largest absolute Gasteiger partial charge is 0.327 e. The first-order chi connectivity index (χ1) is 12.0. The lowest BCUT2D eigenvalue weighted by Gasteiger charge is -2.28. The van der Waals surface area contributed by atoms with Crippen molar-refractivity contribution in [3.8, 4) is 0 Å². The summed E-state index contributed by atoms with van der Waals surface area (Å²) in [7, 11) is 0. The minimum absolute atomic E-state index is 0.00816. The second-order valence-electron chi connectivity index (χ2n) is 5.56. The lowest BCUT2D eigenvalue weighted by atomic mass is 9.94. The number of hydrogen-bond donors (Lipinski definition) is 3. The van der Waals surface area contributed by atoms with Crippen LogP contribution in [0.4, 0.5) is 19.3 Å². The first-order valence-electron chi connectivity index (χ1n) is 7.55. The quantitative estimate of drug-likeness (QED) is 0.801. The zero-order chi connectivity index (χ0) is 18.0. The average molecular weight is 343 g/mol. The fraction of sp³-hybridized carbons (Fsp3) is 0.111. The molecule has 1 heterocycles. The summed E-state index contributed by atoms with van der Waals surface area (Å²) >= 11 is 0. The van der Waals surface area contributed by atoms with E-state index in [1.54, 1.807) is 37.3 Å². The van der Waals surface area contributed by atoms with Gasteiger partial charge in [0.15, 0.2) is 0 Å². The highest BCUT2D eigenvalue weighted by Gasteiger charge is 2.32. The van der Waals surface area contributed by atoms with Crippen molar-refractivity contribution in [2.75, 3.05) is 5.32 Å². The van der Waals surface area contributed by atoms with Gasteiger partial charge in [0.25, 0.3) is 5.91 Å². The molecule has 1 aliphatic rings. The van der Waals surface area contributed by atoms with Crippen molar-refractivity contribution < 1.29 is 18.4 Å². The molecule has 0 aliphatic carbocycles. The Hall–Kier alpha value is -3.22. The van der Waals surface area contributed by atoms with Crippen molar-refractivity contribution in [3.05, 3.63) is 77.0 Å². The summed E-state index contributed by atoms with van der Waals surface area (Å²) in [5.74, 6) is -2.08. The summed E-state index contributed by atoms with van der Waals surface area (Å²) in [6.07, 6.45) is 0. The maximum absolute atomic E-state index is 14.2. The van der Waals surface area contributed by atoms with Crippen molar-refractivity contribution in [2.24, 2.45) is 0 Å². The van der Waals surface area contributed by atoms with E-state index in [2.05, 4.69) is 16.0 Å². The maximum atomic E-state index is 14.2. The van der Waals surface area contributed by atoms with Crippen molar-refractivity contribution in [3.63, 3.8) is 0 Å². The molecule has 128 valence electrons. The Morgan fingerprint density at radius 3 is 2.52 bits per heavy atom. The third-order valence-corrected chi connectivity index (χ3v) is 3.82. The monoisotopic (exact) mass is 343 g/mol. The Morgan fingerprint density at radius 2 is 1.84 bits per heavy atom. The van der Waals surface area contributed by atoms with Gasteiger partial charge in [0.2, 0.25) is 0 Å². The molecule has 0 saturated heterocycles. The van der Waals surface area contributed by atoms with E-state index in [9.17, 15) is 18.4 Å². The maximum Gasteiger partial charge on any atom is 0.319 e. The normalized spacial score (nSPS) is 16.9. The molecule has 1 atom stereocenters. The second-order valence-corrected chi connectivity index (χ2v) is 5.56. The molecule has 0 spiro atoms. The van der Waals surface area contributed by atoms with Gasteiger partial charge in [0.05, 0.1) is 11.6 Å². The van der Waals surface area contributed by atoms with Gasteiger partial charge in [-0.25, -0.2) is 13.6 Å². The van der Waals surface area contributed by atoms with Crippen LogP contribution in [0.3, 0.4) is 0 Å². The van der Waals surface area contributed by atoms with Gasteiger partial charge >= 0.3 is 6.03 Å². The van der Waals surface area contributed by atoms with Crippen molar-refractivity contribution in [1.82, 2.24) is 10.6 Å². The number of halogens is 2. The Bertz CT molecular complexity index is 866. The molecule has 25 heavy (non-hydrogen) atoms.